The van der Waals surface area contributed by atoms with Gasteiger partial charge in [0.25, 0.3) is 0 Å². The second kappa shape index (κ2) is 47.9. The molecule has 0 spiro atoms. The van der Waals surface area contributed by atoms with Crippen molar-refractivity contribution in [3.63, 3.8) is 0 Å². The largest absolute Gasteiger partial charge is 0.480 e. The maximum atomic E-state index is 15.0. The van der Waals surface area contributed by atoms with Gasteiger partial charge in [0.1, 0.15) is 48.1 Å². The number of hydrogen-bond acceptors (Lipinski definition) is 23. The Kier molecular flexibility index (Phi) is 39.1. The zero-order valence-corrected chi connectivity index (χ0v) is 74.2. The molecule has 4 aliphatic carbocycles. The lowest BCUT2D eigenvalue weighted by Gasteiger charge is -2.60. The molecule has 5 aliphatic rings. The Labute approximate surface area is 729 Å². The fourth-order valence-corrected chi connectivity index (χ4v) is 19.6. The first-order valence-electron chi connectivity index (χ1n) is 43.4. The Bertz CT molecular complexity index is 4100. The van der Waals surface area contributed by atoms with Gasteiger partial charge in [-0.25, -0.2) is 0 Å². The van der Waals surface area contributed by atoms with E-state index in [2.05, 4.69) is 84.2 Å². The number of nitrogens with zero attached hydrogens (tertiary/aromatic N) is 4. The van der Waals surface area contributed by atoms with Gasteiger partial charge in [0.15, 0.2) is 0 Å². The number of nitrogens with one attached hydrogen (secondary N) is 12. The predicted molar refractivity (Wildman–Crippen MR) is 463 cm³/mol. The van der Waals surface area contributed by atoms with Crippen molar-refractivity contribution >= 4 is 117 Å². The van der Waals surface area contributed by atoms with Crippen LogP contribution in [-0.2, 0) is 83.1 Å². The Morgan fingerprint density at radius 2 is 1.15 bits per heavy atom. The van der Waals surface area contributed by atoms with Gasteiger partial charge in [-0.1, -0.05) is 66.7 Å². The van der Waals surface area contributed by atoms with Crippen LogP contribution in [0.15, 0.2) is 42.4 Å². The number of benzene rings is 1. The van der Waals surface area contributed by atoms with Crippen LogP contribution in [0.2, 0.25) is 0 Å². The van der Waals surface area contributed by atoms with Crippen molar-refractivity contribution in [2.45, 2.75) is 206 Å². The van der Waals surface area contributed by atoms with E-state index < -0.39 is 143 Å². The van der Waals surface area contributed by atoms with Crippen molar-refractivity contribution in [1.29, 1.82) is 0 Å². The molecule has 16 atom stereocenters. The fraction of sp³-hybridized carbons (Fsp3) is 0.694. The second-order valence-electron chi connectivity index (χ2n) is 35.5. The minimum Gasteiger partial charge on any atom is -0.480 e. The SMILES string of the molecule is CN/C(=C\N)C[C@H](NC(=O)CNC(=O)C(NC(=O)C(C)NC(=O)[C@H](Cc1c[nH]c2ccccc12)NC(=O)C(CCC(N)=O)NC(=O)CC[C@@H](C)C1CCC2C3CCC4CC(NC(=O)CNC(=O)CN5CCN(CC(=O)O)CCN(CC(=O)O)CCN(CC(=O)O)CC5)CCC4(C)C3CC(=O)C21C)C(C)C)C(=O)NC(CC(C)C)C(=O)N[C@@H](CCSC)C(N)=O. The van der Waals surface area contributed by atoms with E-state index in [9.17, 15) is 87.2 Å². The highest BCUT2D eigenvalue weighted by Crippen LogP contribution is 2.67. The number of carbonyl (C=O) groups excluding carboxylic acids is 13. The highest BCUT2D eigenvalue weighted by atomic mass is 32.2. The minimum absolute atomic E-state index is 0.0453. The summed E-state index contributed by atoms with van der Waals surface area (Å²) in [6, 6.07) is -1.84. The summed E-state index contributed by atoms with van der Waals surface area (Å²) in [5, 5.41) is 59.6. The standard InChI is InChI=1S/C85H135N19O19S/c1-48(2)35-64(81(121)97-62(77(88)117)24-34-124-10)98-82(122)66(38-55(40-86)89-9)96-71(109)43-92-83(123)76(49(3)4)100-78(118)51(6)93-80(120)65(36-52-41-90-61-14-12-11-13-56(52)61)99-79(119)63(20-21-68(87)106)95-69(107)22-15-50(5)58-18-19-59-57-17-16-53-37-54(23-25-84(53,7)60(57)39-67(105)85(58,59)8)94-70(108)42-91-72(110)44-101-26-28-102(45-73(111)112)30-32-104(47-75(115)116)33-31-103(29-27-101)46-74(113)114/h11-14,40-41,48-51,53-54,57-60,62-66,76,89-90H,15-39,42-47,86H2,1-10H3,(H2,87,106)(H2,88,117)(H,91,110)(H,92,123)(H,93,120)(H,94,108)(H,95,107)(H,96,109)(H,97,121)(H,98,122)(H,99,119)(H,100,118)(H,111,112)(H,113,114)(H,115,116)/b55-40-/t50-,51?,53?,54?,57?,58?,59?,60?,62+,63?,64?,65+,66+,76?,84?,85?/m1/s1. The molecule has 5 fully saturated rings. The van der Waals surface area contributed by atoms with Crippen molar-refractivity contribution in [3.8, 4) is 0 Å². The number of aromatic nitrogens is 1. The van der Waals surface area contributed by atoms with E-state index in [0.717, 1.165) is 43.0 Å². The van der Waals surface area contributed by atoms with E-state index >= 15 is 4.79 Å². The summed E-state index contributed by atoms with van der Waals surface area (Å²) >= 11 is 1.45. The van der Waals surface area contributed by atoms with Gasteiger partial charge in [0.2, 0.25) is 70.9 Å². The smallest absolute Gasteiger partial charge is 0.317 e. The van der Waals surface area contributed by atoms with E-state index in [1.165, 1.54) is 24.9 Å². The maximum Gasteiger partial charge on any atom is 0.317 e. The second-order valence-corrected chi connectivity index (χ2v) is 36.5. The van der Waals surface area contributed by atoms with Gasteiger partial charge in [-0.3, -0.25) is 96.3 Å². The summed E-state index contributed by atoms with van der Waals surface area (Å²) in [5.74, 6) is -11.0. The number of aromatic amines is 1. The van der Waals surface area contributed by atoms with Gasteiger partial charge >= 0.3 is 17.9 Å². The van der Waals surface area contributed by atoms with Gasteiger partial charge in [-0.2, -0.15) is 11.8 Å². The molecule has 7 rings (SSSR count). The molecule has 12 amide bonds. The number of rotatable bonds is 45. The molecule has 2 aromatic rings. The van der Waals surface area contributed by atoms with Crippen LogP contribution in [0.4, 0.5) is 0 Å². The highest BCUT2D eigenvalue weighted by Gasteiger charge is 2.64. The van der Waals surface area contributed by atoms with Gasteiger partial charge in [0.05, 0.1) is 39.3 Å². The lowest BCUT2D eigenvalue weighted by molar-refractivity contribution is -0.158. The van der Waals surface area contributed by atoms with Crippen LogP contribution in [-0.4, -0.2) is 293 Å². The quantitative estimate of drug-likeness (QED) is 0.0385. The van der Waals surface area contributed by atoms with Gasteiger partial charge in [0, 0.05) is 132 Å². The molecule has 39 heteroatoms. The number of carboxylic acid groups (broad SMARTS) is 3. The maximum absolute atomic E-state index is 15.0. The first-order chi connectivity index (χ1) is 58.7. The van der Waals surface area contributed by atoms with Crippen LogP contribution in [0.1, 0.15) is 157 Å². The van der Waals surface area contributed by atoms with Crippen molar-refractivity contribution in [3.05, 3.63) is 47.9 Å². The molecule has 21 N–H and O–H groups in total. The normalized spacial score (nSPS) is 23.6. The molecule has 12 unspecified atom stereocenters. The van der Waals surface area contributed by atoms with Crippen molar-refractivity contribution < 1.29 is 92.0 Å². The van der Waals surface area contributed by atoms with Crippen LogP contribution >= 0.6 is 11.8 Å². The van der Waals surface area contributed by atoms with Crippen molar-refractivity contribution in [2.24, 2.45) is 75.4 Å². The lowest BCUT2D eigenvalue weighted by Crippen LogP contribution is -2.59. The van der Waals surface area contributed by atoms with E-state index in [1.54, 1.807) is 52.8 Å². The summed E-state index contributed by atoms with van der Waals surface area (Å²) in [4.78, 5) is 225. The van der Waals surface area contributed by atoms with Crippen LogP contribution in [0.25, 0.3) is 10.9 Å². The number of carboxylic acids is 3. The summed E-state index contributed by atoms with van der Waals surface area (Å²) in [7, 11) is 1.55. The molecule has 1 saturated heterocycles. The van der Waals surface area contributed by atoms with E-state index in [-0.39, 0.29) is 195 Å². The number of carbonyl (C=O) groups is 16. The molecule has 1 aromatic heterocycles. The number of fused-ring (bicyclic) bond motifs is 6. The average Bonchev–Trinajstić information content (AvgIpc) is 1.48. The molecule has 2 heterocycles. The highest BCUT2D eigenvalue weighted by molar-refractivity contribution is 7.98. The molecular weight excluding hydrogens is 1620 g/mol. The number of amides is 12. The third-order valence-electron chi connectivity index (χ3n) is 26.0. The number of para-hydroxylation sites is 1. The lowest BCUT2D eigenvalue weighted by atomic mass is 9.44. The number of ketones is 1. The molecule has 1 aromatic carbocycles. The zero-order chi connectivity index (χ0) is 91.4. The molecule has 4 saturated carbocycles. The number of H-pyrrole nitrogens is 1. The molecule has 38 nitrogen and oxygen atoms in total. The Hall–Kier alpha value is -9.99. The molecule has 690 valence electrons. The first-order valence-corrected chi connectivity index (χ1v) is 44.8. The summed E-state index contributed by atoms with van der Waals surface area (Å²) in [5.41, 5.74) is 17.9. The zero-order valence-electron chi connectivity index (χ0n) is 73.4. The Morgan fingerprint density at radius 3 is 1.73 bits per heavy atom. The number of Topliss-reactive ketones (excluding diaryl/α,β-unsaturated/α-hetero) is 1. The van der Waals surface area contributed by atoms with Crippen molar-refractivity contribution in [2.75, 3.05) is 111 Å². The van der Waals surface area contributed by atoms with Crippen LogP contribution < -0.4 is 75.7 Å². The summed E-state index contributed by atoms with van der Waals surface area (Å²) in [6.07, 6.45) is 10.6. The third-order valence-corrected chi connectivity index (χ3v) is 26.6. The van der Waals surface area contributed by atoms with Crippen LogP contribution in [0, 0.1) is 58.2 Å². The van der Waals surface area contributed by atoms with Crippen LogP contribution in [0.5, 0.6) is 0 Å². The third kappa shape index (κ3) is 29.6. The van der Waals surface area contributed by atoms with Crippen molar-refractivity contribution in [1.82, 2.24) is 83.1 Å². The number of nitrogens with two attached hydrogens (primary N) is 3. The number of primary amides is 2. The van der Waals surface area contributed by atoms with E-state index in [1.807, 2.05) is 38.3 Å². The Balaban J connectivity index is 0.927. The van der Waals surface area contributed by atoms with Gasteiger partial charge in [-0.05, 0) is 154 Å². The molecule has 1 aliphatic heterocycles. The van der Waals surface area contributed by atoms with Gasteiger partial charge in [-0.15, -0.1) is 0 Å². The number of thioether (sulfide) groups is 1. The minimum atomic E-state index is -1.41. The van der Waals surface area contributed by atoms with Gasteiger partial charge < -0.3 is 96.0 Å². The topological polar surface area (TPSA) is 573 Å². The average molecular weight is 1760 g/mol. The predicted octanol–water partition coefficient (Wildman–Crippen LogP) is -0.814. The first kappa shape index (κ1) is 101. The molecular formula is C85H135N19O19S. The number of aliphatic carboxylic acids is 3. The summed E-state index contributed by atoms with van der Waals surface area (Å²) in [6.45, 7) is 14.5. The van der Waals surface area contributed by atoms with E-state index in [4.69, 9.17) is 17.2 Å². The number of hydrogen-bond donors (Lipinski definition) is 18. The van der Waals surface area contributed by atoms with Crippen LogP contribution in [0.3, 0.4) is 0 Å². The Morgan fingerprint density at radius 1 is 0.589 bits per heavy atom. The monoisotopic (exact) mass is 1760 g/mol. The molecule has 124 heavy (non-hydrogen) atoms. The molecule has 0 radical (unpaired) electrons. The summed E-state index contributed by atoms with van der Waals surface area (Å²) < 4.78 is 0. The molecule has 0 bridgehead atoms. The fourth-order valence-electron chi connectivity index (χ4n) is 19.1. The van der Waals surface area contributed by atoms with E-state index in [0.29, 0.717) is 42.7 Å².